The van der Waals surface area contributed by atoms with Gasteiger partial charge in [0, 0.05) is 19.0 Å². The van der Waals surface area contributed by atoms with Crippen molar-refractivity contribution in [3.8, 4) is 0 Å². The van der Waals surface area contributed by atoms with Crippen molar-refractivity contribution in [2.75, 3.05) is 33.7 Å². The first kappa shape index (κ1) is 13.8. The molecule has 0 spiro atoms. The van der Waals surface area contributed by atoms with Crippen molar-refractivity contribution in [2.24, 2.45) is 11.8 Å². The zero-order chi connectivity index (χ0) is 13.0. The van der Waals surface area contributed by atoms with Gasteiger partial charge in [-0.2, -0.15) is 0 Å². The molecule has 2 unspecified atom stereocenters. The van der Waals surface area contributed by atoms with Crippen LogP contribution in [0.3, 0.4) is 0 Å². The highest BCUT2D eigenvalue weighted by Crippen LogP contribution is 2.34. The maximum absolute atomic E-state index is 11.8. The Morgan fingerprint density at radius 3 is 2.72 bits per heavy atom. The molecule has 2 atom stereocenters. The van der Waals surface area contributed by atoms with E-state index in [1.807, 2.05) is 0 Å². The van der Waals surface area contributed by atoms with Gasteiger partial charge in [-0.15, -0.1) is 0 Å². The second kappa shape index (κ2) is 6.53. The van der Waals surface area contributed by atoms with Gasteiger partial charge in [-0.3, -0.25) is 4.79 Å². The summed E-state index contributed by atoms with van der Waals surface area (Å²) < 4.78 is 0. The molecule has 0 aromatic heterocycles. The number of amides is 1. The minimum atomic E-state index is 0.231. The van der Waals surface area contributed by atoms with Crippen LogP contribution in [0.4, 0.5) is 0 Å². The van der Waals surface area contributed by atoms with E-state index < -0.39 is 0 Å². The molecular formula is C14H27N3O. The van der Waals surface area contributed by atoms with E-state index in [2.05, 4.69) is 29.6 Å². The van der Waals surface area contributed by atoms with Crippen LogP contribution in [-0.4, -0.2) is 50.6 Å². The van der Waals surface area contributed by atoms with Gasteiger partial charge in [-0.25, -0.2) is 0 Å². The summed E-state index contributed by atoms with van der Waals surface area (Å²) in [6.07, 6.45) is 5.61. The number of nitrogens with one attached hydrogen (secondary N) is 2. The van der Waals surface area contributed by atoms with Gasteiger partial charge in [0.05, 0.1) is 0 Å². The molecule has 2 aliphatic rings. The lowest BCUT2D eigenvalue weighted by Gasteiger charge is -2.24. The summed E-state index contributed by atoms with van der Waals surface area (Å²) >= 11 is 0. The van der Waals surface area contributed by atoms with Crippen molar-refractivity contribution in [3.05, 3.63) is 0 Å². The third-order valence-corrected chi connectivity index (χ3v) is 4.28. The third kappa shape index (κ3) is 4.25. The van der Waals surface area contributed by atoms with Gasteiger partial charge >= 0.3 is 0 Å². The first-order valence-corrected chi connectivity index (χ1v) is 7.30. The fourth-order valence-electron chi connectivity index (χ4n) is 2.85. The fourth-order valence-corrected chi connectivity index (χ4v) is 2.85. The zero-order valence-electron chi connectivity index (χ0n) is 11.7. The number of carbonyl (C=O) groups excluding carboxylic acids is 1. The Labute approximate surface area is 110 Å². The summed E-state index contributed by atoms with van der Waals surface area (Å²) in [6, 6.07) is 0.530. The number of hydrogen-bond donors (Lipinski definition) is 2. The number of nitrogens with zero attached hydrogens (tertiary/aromatic N) is 1. The van der Waals surface area contributed by atoms with Crippen molar-refractivity contribution in [1.29, 1.82) is 0 Å². The first-order valence-electron chi connectivity index (χ1n) is 7.30. The quantitative estimate of drug-likeness (QED) is 0.706. The van der Waals surface area contributed by atoms with Crippen molar-refractivity contribution in [1.82, 2.24) is 15.5 Å². The molecule has 18 heavy (non-hydrogen) atoms. The minimum absolute atomic E-state index is 0.231. The predicted octanol–water partition coefficient (Wildman–Crippen LogP) is 0.832. The Morgan fingerprint density at radius 2 is 2.17 bits per heavy atom. The molecule has 1 amide bonds. The van der Waals surface area contributed by atoms with E-state index in [1.54, 1.807) is 0 Å². The van der Waals surface area contributed by atoms with E-state index in [4.69, 9.17) is 0 Å². The van der Waals surface area contributed by atoms with Crippen LogP contribution < -0.4 is 10.6 Å². The van der Waals surface area contributed by atoms with Gasteiger partial charge in [-0.05, 0) is 64.7 Å². The van der Waals surface area contributed by atoms with Crippen LogP contribution >= 0.6 is 0 Å². The molecule has 0 radical (unpaired) electrons. The van der Waals surface area contributed by atoms with Gasteiger partial charge in [0.2, 0.25) is 5.91 Å². The molecule has 4 nitrogen and oxygen atoms in total. The molecule has 0 aromatic carbocycles. The Kier molecular flexibility index (Phi) is 5.01. The molecule has 2 N–H and O–H groups in total. The SMILES string of the molecule is CN(C)C(CNC(=O)CCC1CCNC1)C1CC1. The van der Waals surface area contributed by atoms with Crippen LogP contribution in [0, 0.1) is 11.8 Å². The van der Waals surface area contributed by atoms with Crippen molar-refractivity contribution in [3.63, 3.8) is 0 Å². The van der Waals surface area contributed by atoms with E-state index in [9.17, 15) is 4.79 Å². The molecule has 0 bridgehead atoms. The van der Waals surface area contributed by atoms with Gasteiger partial charge in [0.25, 0.3) is 0 Å². The van der Waals surface area contributed by atoms with Crippen LogP contribution in [0.1, 0.15) is 32.1 Å². The predicted molar refractivity (Wildman–Crippen MR) is 73.4 cm³/mol. The maximum Gasteiger partial charge on any atom is 0.220 e. The van der Waals surface area contributed by atoms with Crippen molar-refractivity contribution < 1.29 is 4.79 Å². The first-order chi connectivity index (χ1) is 8.66. The number of hydrogen-bond acceptors (Lipinski definition) is 3. The van der Waals surface area contributed by atoms with Crippen LogP contribution in [0.15, 0.2) is 0 Å². The topological polar surface area (TPSA) is 44.4 Å². The Bertz CT molecular complexity index is 268. The van der Waals surface area contributed by atoms with Crippen LogP contribution in [0.2, 0.25) is 0 Å². The molecule has 1 aliphatic heterocycles. The van der Waals surface area contributed by atoms with Crippen LogP contribution in [0.25, 0.3) is 0 Å². The van der Waals surface area contributed by atoms with E-state index in [-0.39, 0.29) is 5.91 Å². The van der Waals surface area contributed by atoms with Crippen molar-refractivity contribution >= 4 is 5.91 Å². The van der Waals surface area contributed by atoms with Crippen LogP contribution in [0.5, 0.6) is 0 Å². The molecule has 1 heterocycles. The average molecular weight is 253 g/mol. The number of rotatable bonds is 7. The highest BCUT2D eigenvalue weighted by molar-refractivity contribution is 5.75. The summed E-state index contributed by atoms with van der Waals surface area (Å²) in [6.45, 7) is 3.03. The Hall–Kier alpha value is -0.610. The van der Waals surface area contributed by atoms with E-state index in [0.29, 0.717) is 18.4 Å². The number of carbonyl (C=O) groups is 1. The van der Waals surface area contributed by atoms with Crippen molar-refractivity contribution in [2.45, 2.75) is 38.1 Å². The highest BCUT2D eigenvalue weighted by Gasteiger charge is 2.32. The van der Waals surface area contributed by atoms with Gasteiger partial charge < -0.3 is 15.5 Å². The summed E-state index contributed by atoms with van der Waals surface area (Å²) in [7, 11) is 4.22. The molecule has 1 aliphatic carbocycles. The zero-order valence-corrected chi connectivity index (χ0v) is 11.7. The lowest BCUT2D eigenvalue weighted by molar-refractivity contribution is -0.121. The molecule has 2 fully saturated rings. The summed E-state index contributed by atoms with van der Waals surface area (Å²) in [5.74, 6) is 1.75. The second-order valence-electron chi connectivity index (χ2n) is 6.07. The molecule has 4 heteroatoms. The molecular weight excluding hydrogens is 226 g/mol. The molecule has 104 valence electrons. The molecule has 1 saturated carbocycles. The van der Waals surface area contributed by atoms with Gasteiger partial charge in [0.1, 0.15) is 0 Å². The normalized spacial score (nSPS) is 25.4. The van der Waals surface area contributed by atoms with Gasteiger partial charge in [-0.1, -0.05) is 0 Å². The Balaban J connectivity index is 1.61. The lowest BCUT2D eigenvalue weighted by atomic mass is 10.0. The summed E-state index contributed by atoms with van der Waals surface area (Å²) in [5.41, 5.74) is 0. The Morgan fingerprint density at radius 1 is 1.39 bits per heavy atom. The maximum atomic E-state index is 11.8. The average Bonchev–Trinajstić information content (AvgIpc) is 3.02. The fraction of sp³-hybridized carbons (Fsp3) is 0.929. The smallest absolute Gasteiger partial charge is 0.220 e. The highest BCUT2D eigenvalue weighted by atomic mass is 16.1. The number of likely N-dealkylation sites (N-methyl/N-ethyl adjacent to an activating group) is 1. The monoisotopic (exact) mass is 253 g/mol. The molecule has 0 aromatic rings. The van der Waals surface area contributed by atoms with Gasteiger partial charge in [0.15, 0.2) is 0 Å². The minimum Gasteiger partial charge on any atom is -0.355 e. The van der Waals surface area contributed by atoms with E-state index in [1.165, 1.54) is 19.3 Å². The lowest BCUT2D eigenvalue weighted by Crippen LogP contribution is -2.41. The summed E-state index contributed by atoms with van der Waals surface area (Å²) in [5, 5.41) is 6.45. The van der Waals surface area contributed by atoms with Crippen LogP contribution in [-0.2, 0) is 4.79 Å². The van der Waals surface area contributed by atoms with E-state index >= 15 is 0 Å². The molecule has 2 rings (SSSR count). The molecule has 1 saturated heterocycles. The van der Waals surface area contributed by atoms with E-state index in [0.717, 1.165) is 32.0 Å². The second-order valence-corrected chi connectivity index (χ2v) is 6.07. The summed E-state index contributed by atoms with van der Waals surface area (Å²) in [4.78, 5) is 14.1. The largest absolute Gasteiger partial charge is 0.355 e. The third-order valence-electron chi connectivity index (χ3n) is 4.28. The standard InChI is InChI=1S/C14H27N3O/c1-17(2)13(12-4-5-12)10-16-14(18)6-3-11-7-8-15-9-11/h11-13,15H,3-10H2,1-2H3,(H,16,18).